The van der Waals surface area contributed by atoms with Crippen LogP contribution in [0.4, 0.5) is 0 Å². The van der Waals surface area contributed by atoms with Gasteiger partial charge in [-0.15, -0.1) is 0 Å². The average Bonchev–Trinajstić information content (AvgIpc) is 2.75. The minimum atomic E-state index is -0.284. The number of carbonyl (C=O) groups excluding carboxylic acids is 2. The molecule has 2 rings (SSSR count). The Morgan fingerprint density at radius 3 is 1.97 bits per heavy atom. The number of esters is 1. The Hall–Kier alpha value is -2.67. The quantitative estimate of drug-likeness (QED) is 0.192. The third-order valence-electron chi connectivity index (χ3n) is 4.31. The van der Waals surface area contributed by atoms with Gasteiger partial charge in [0.2, 0.25) is 5.75 Å². The highest BCUT2D eigenvalue weighted by molar-refractivity contribution is 7.80. The maximum absolute atomic E-state index is 12.9. The number of ketones is 1. The first-order valence-electron chi connectivity index (χ1n) is 9.30. The van der Waals surface area contributed by atoms with E-state index in [4.69, 9.17) is 18.9 Å². The lowest BCUT2D eigenvalue weighted by Gasteiger charge is -2.13. The predicted octanol–water partition coefficient (Wildman–Crippen LogP) is 4.34. The van der Waals surface area contributed by atoms with Crippen molar-refractivity contribution in [2.24, 2.45) is 0 Å². The lowest BCUT2D eigenvalue weighted by Crippen LogP contribution is -2.08. The second kappa shape index (κ2) is 11.4. The molecule has 0 saturated carbocycles. The summed E-state index contributed by atoms with van der Waals surface area (Å²) in [6.07, 6.45) is 3.06. The Kier molecular flexibility index (Phi) is 8.86. The van der Waals surface area contributed by atoms with Crippen LogP contribution in [0.5, 0.6) is 23.0 Å². The Balaban J connectivity index is 2.10. The molecule has 0 spiro atoms. The number of hydrogen-bond acceptors (Lipinski definition) is 7. The highest BCUT2D eigenvalue weighted by atomic mass is 32.1. The summed E-state index contributed by atoms with van der Waals surface area (Å²) in [6, 6.07) is 9.66. The number of unbranched alkanes of at least 4 members (excludes halogenated alkanes) is 2. The molecule has 0 saturated heterocycles. The van der Waals surface area contributed by atoms with Crippen molar-refractivity contribution in [1.82, 2.24) is 0 Å². The van der Waals surface area contributed by atoms with Crippen LogP contribution in [-0.2, 0) is 4.79 Å². The Bertz CT molecular complexity index is 807. The lowest BCUT2D eigenvalue weighted by molar-refractivity contribution is -0.134. The third-order valence-corrected chi connectivity index (χ3v) is 4.63. The van der Waals surface area contributed by atoms with Gasteiger partial charge in [-0.3, -0.25) is 9.59 Å². The van der Waals surface area contributed by atoms with Gasteiger partial charge in [0, 0.05) is 17.5 Å². The molecule has 6 nitrogen and oxygen atoms in total. The van der Waals surface area contributed by atoms with Crippen LogP contribution < -0.4 is 18.9 Å². The fourth-order valence-corrected chi connectivity index (χ4v) is 3.02. The van der Waals surface area contributed by atoms with E-state index in [1.165, 1.54) is 21.3 Å². The number of ether oxygens (including phenoxy) is 4. The number of rotatable bonds is 11. The summed E-state index contributed by atoms with van der Waals surface area (Å²) in [7, 11) is 4.49. The largest absolute Gasteiger partial charge is 0.493 e. The first-order valence-corrected chi connectivity index (χ1v) is 9.93. The Morgan fingerprint density at radius 2 is 1.45 bits per heavy atom. The molecule has 7 heteroatoms. The zero-order valence-electron chi connectivity index (χ0n) is 16.9. The van der Waals surface area contributed by atoms with E-state index in [1.807, 2.05) is 0 Å². The standard InChI is InChI=1S/C22H26O6S/c1-25-18-13-16(14-19(26-2)22(18)27-3)21(24)15-8-10-17(11-9-15)28-20(23)7-5-4-6-12-29/h8-11,13-14,29H,4-7,12H2,1-3H3. The average molecular weight is 419 g/mol. The number of benzene rings is 2. The normalized spacial score (nSPS) is 10.3. The van der Waals surface area contributed by atoms with Crippen molar-refractivity contribution < 1.29 is 28.5 Å². The van der Waals surface area contributed by atoms with Gasteiger partial charge in [-0.25, -0.2) is 0 Å². The van der Waals surface area contributed by atoms with Crippen LogP contribution in [0.15, 0.2) is 36.4 Å². The van der Waals surface area contributed by atoms with Gasteiger partial charge < -0.3 is 18.9 Å². The summed E-state index contributed by atoms with van der Waals surface area (Å²) in [5.74, 6) is 1.95. The second-order valence-corrected chi connectivity index (χ2v) is 6.72. The van der Waals surface area contributed by atoms with Crippen LogP contribution >= 0.6 is 12.6 Å². The molecule has 0 unspecified atom stereocenters. The van der Waals surface area contributed by atoms with Crippen LogP contribution in [0.2, 0.25) is 0 Å². The fourth-order valence-electron chi connectivity index (χ4n) is 2.79. The predicted molar refractivity (Wildman–Crippen MR) is 114 cm³/mol. The maximum atomic E-state index is 12.9. The topological polar surface area (TPSA) is 71.1 Å². The number of methoxy groups -OCH3 is 3. The first-order chi connectivity index (χ1) is 14.0. The number of thiol groups is 1. The molecule has 0 aliphatic rings. The molecule has 0 radical (unpaired) electrons. The highest BCUT2D eigenvalue weighted by Crippen LogP contribution is 2.38. The van der Waals surface area contributed by atoms with E-state index >= 15 is 0 Å². The molecule has 0 heterocycles. The molecule has 2 aromatic carbocycles. The van der Waals surface area contributed by atoms with Crippen LogP contribution in [-0.4, -0.2) is 38.8 Å². The zero-order valence-corrected chi connectivity index (χ0v) is 17.8. The van der Waals surface area contributed by atoms with E-state index in [0.717, 1.165) is 25.0 Å². The summed E-state index contributed by atoms with van der Waals surface area (Å²) in [5.41, 5.74) is 0.848. The second-order valence-electron chi connectivity index (χ2n) is 6.28. The Morgan fingerprint density at radius 1 is 0.828 bits per heavy atom. The number of carbonyl (C=O) groups is 2. The molecule has 0 N–H and O–H groups in total. The third kappa shape index (κ3) is 6.15. The zero-order chi connectivity index (χ0) is 21.2. The summed E-state index contributed by atoms with van der Waals surface area (Å²) in [5, 5.41) is 0. The van der Waals surface area contributed by atoms with Crippen molar-refractivity contribution in [3.8, 4) is 23.0 Å². The molecule has 0 bridgehead atoms. The van der Waals surface area contributed by atoms with Crippen LogP contribution in [0.25, 0.3) is 0 Å². The molecule has 0 aliphatic carbocycles. The highest BCUT2D eigenvalue weighted by Gasteiger charge is 2.18. The van der Waals surface area contributed by atoms with E-state index in [0.29, 0.717) is 40.5 Å². The van der Waals surface area contributed by atoms with E-state index in [2.05, 4.69) is 12.6 Å². The molecule has 0 aliphatic heterocycles. The van der Waals surface area contributed by atoms with Crippen molar-refractivity contribution >= 4 is 24.4 Å². The molecule has 0 fully saturated rings. The van der Waals surface area contributed by atoms with E-state index < -0.39 is 0 Å². The molecule has 0 aromatic heterocycles. The molecule has 2 aromatic rings. The lowest BCUT2D eigenvalue weighted by atomic mass is 10.0. The van der Waals surface area contributed by atoms with E-state index in [-0.39, 0.29) is 11.8 Å². The first kappa shape index (κ1) is 22.6. The fraction of sp³-hybridized carbons (Fsp3) is 0.364. The van der Waals surface area contributed by atoms with Crippen LogP contribution in [0.1, 0.15) is 41.6 Å². The van der Waals surface area contributed by atoms with Gasteiger partial charge in [-0.1, -0.05) is 6.42 Å². The van der Waals surface area contributed by atoms with Crippen molar-refractivity contribution in [1.29, 1.82) is 0 Å². The summed E-state index contributed by atoms with van der Waals surface area (Å²) in [4.78, 5) is 24.7. The molecule has 29 heavy (non-hydrogen) atoms. The van der Waals surface area contributed by atoms with Crippen molar-refractivity contribution in [2.75, 3.05) is 27.1 Å². The number of hydrogen-bond donors (Lipinski definition) is 1. The van der Waals surface area contributed by atoms with Gasteiger partial charge in [-0.2, -0.15) is 12.6 Å². The summed E-state index contributed by atoms with van der Waals surface area (Å²) < 4.78 is 21.2. The van der Waals surface area contributed by atoms with E-state index in [1.54, 1.807) is 36.4 Å². The molecule has 0 atom stereocenters. The minimum absolute atomic E-state index is 0.214. The van der Waals surface area contributed by atoms with E-state index in [9.17, 15) is 9.59 Å². The van der Waals surface area contributed by atoms with Gasteiger partial charge >= 0.3 is 5.97 Å². The summed E-state index contributed by atoms with van der Waals surface area (Å²) in [6.45, 7) is 0. The molecule has 156 valence electrons. The minimum Gasteiger partial charge on any atom is -0.493 e. The van der Waals surface area contributed by atoms with Gasteiger partial charge in [-0.05, 0) is 55.0 Å². The molecular weight excluding hydrogens is 392 g/mol. The van der Waals surface area contributed by atoms with Gasteiger partial charge in [0.05, 0.1) is 21.3 Å². The summed E-state index contributed by atoms with van der Waals surface area (Å²) >= 11 is 4.15. The van der Waals surface area contributed by atoms with Crippen molar-refractivity contribution in [3.05, 3.63) is 47.5 Å². The molecule has 0 amide bonds. The van der Waals surface area contributed by atoms with Crippen molar-refractivity contribution in [3.63, 3.8) is 0 Å². The SMILES string of the molecule is COc1cc(C(=O)c2ccc(OC(=O)CCCCCS)cc2)cc(OC)c1OC. The monoisotopic (exact) mass is 418 g/mol. The van der Waals surface area contributed by atoms with Gasteiger partial charge in [0.15, 0.2) is 17.3 Å². The molecular formula is C22H26O6S. The smallest absolute Gasteiger partial charge is 0.311 e. The van der Waals surface area contributed by atoms with Gasteiger partial charge in [0.1, 0.15) is 5.75 Å². The van der Waals surface area contributed by atoms with Gasteiger partial charge in [0.25, 0.3) is 0 Å². The Labute approximate surface area is 176 Å². The van der Waals surface area contributed by atoms with Crippen LogP contribution in [0.3, 0.4) is 0 Å². The van der Waals surface area contributed by atoms with Crippen LogP contribution in [0, 0.1) is 0 Å². The van der Waals surface area contributed by atoms with Crippen molar-refractivity contribution in [2.45, 2.75) is 25.7 Å². The maximum Gasteiger partial charge on any atom is 0.311 e.